The summed E-state index contributed by atoms with van der Waals surface area (Å²) < 4.78 is 0. The van der Waals surface area contributed by atoms with Crippen LogP contribution in [0.2, 0.25) is 0 Å². The second-order valence-corrected chi connectivity index (χ2v) is 6.27. The summed E-state index contributed by atoms with van der Waals surface area (Å²) in [6.07, 6.45) is 0. The first-order valence-electron chi connectivity index (χ1n) is 8.14. The average Bonchev–Trinajstić information content (AvgIpc) is 2.66. The van der Waals surface area contributed by atoms with Gasteiger partial charge in [-0.25, -0.2) is 0 Å². The molecule has 0 aliphatic rings. The van der Waals surface area contributed by atoms with E-state index in [4.69, 9.17) is 0 Å². The topological polar surface area (TPSA) is 43.1 Å². The lowest BCUT2D eigenvalue weighted by Crippen LogP contribution is -1.89. The van der Waals surface area contributed by atoms with E-state index in [9.17, 15) is 10.1 Å². The summed E-state index contributed by atoms with van der Waals surface area (Å²) in [4.78, 5) is 10.5. The van der Waals surface area contributed by atoms with Crippen LogP contribution in [0.5, 0.6) is 0 Å². The highest BCUT2D eigenvalue weighted by molar-refractivity contribution is 6.25. The van der Waals surface area contributed by atoms with Gasteiger partial charge in [0.2, 0.25) is 0 Å². The monoisotopic (exact) mass is 323 g/mol. The Hall–Kier alpha value is -3.46. The molecule has 0 heterocycles. The van der Waals surface area contributed by atoms with Gasteiger partial charge in [-0.05, 0) is 55.6 Å². The van der Waals surface area contributed by atoms with E-state index in [0.717, 1.165) is 11.1 Å². The van der Waals surface area contributed by atoms with E-state index >= 15 is 0 Å². The maximum Gasteiger partial charge on any atom is 0.269 e. The number of hydrogen-bond donors (Lipinski definition) is 0. The zero-order valence-electron chi connectivity index (χ0n) is 13.3. The van der Waals surface area contributed by atoms with Crippen molar-refractivity contribution in [3.8, 4) is 11.1 Å². The second-order valence-electron chi connectivity index (χ2n) is 6.27. The van der Waals surface area contributed by atoms with Gasteiger partial charge >= 0.3 is 0 Å². The van der Waals surface area contributed by atoms with Crippen LogP contribution in [-0.4, -0.2) is 4.92 Å². The molecule has 0 spiro atoms. The van der Waals surface area contributed by atoms with Crippen molar-refractivity contribution < 1.29 is 4.92 Å². The molecule has 0 aliphatic heterocycles. The maximum absolute atomic E-state index is 10.9. The van der Waals surface area contributed by atoms with Crippen LogP contribution in [0.4, 0.5) is 5.69 Å². The SMILES string of the molecule is O=[N+]([O-])c1ccc(-c2ccc3ccc4cccc5ccc2c3c45)cc1. The molecule has 0 aromatic heterocycles. The molecule has 5 aromatic carbocycles. The van der Waals surface area contributed by atoms with Gasteiger partial charge in [0.15, 0.2) is 0 Å². The molecule has 5 rings (SSSR count). The molecular formula is C22H13NO2. The summed E-state index contributed by atoms with van der Waals surface area (Å²) in [7, 11) is 0. The first kappa shape index (κ1) is 13.9. The zero-order chi connectivity index (χ0) is 17.0. The lowest BCUT2D eigenvalue weighted by molar-refractivity contribution is -0.384. The number of benzene rings is 5. The third-order valence-corrected chi connectivity index (χ3v) is 4.92. The summed E-state index contributed by atoms with van der Waals surface area (Å²) in [5.41, 5.74) is 2.20. The van der Waals surface area contributed by atoms with Gasteiger partial charge in [0.1, 0.15) is 0 Å². The molecule has 0 atom stereocenters. The highest BCUT2D eigenvalue weighted by atomic mass is 16.6. The minimum atomic E-state index is -0.367. The Bertz CT molecular complexity index is 1240. The Balaban J connectivity index is 1.86. The van der Waals surface area contributed by atoms with Gasteiger partial charge in [0.05, 0.1) is 4.92 Å². The molecule has 0 radical (unpaired) electrons. The average molecular weight is 323 g/mol. The van der Waals surface area contributed by atoms with Gasteiger partial charge < -0.3 is 0 Å². The minimum Gasteiger partial charge on any atom is -0.258 e. The molecule has 118 valence electrons. The van der Waals surface area contributed by atoms with Crippen LogP contribution in [0.3, 0.4) is 0 Å². The fourth-order valence-electron chi connectivity index (χ4n) is 3.75. The van der Waals surface area contributed by atoms with Crippen LogP contribution >= 0.6 is 0 Å². The predicted octanol–water partition coefficient (Wildman–Crippen LogP) is 6.16. The molecule has 3 nitrogen and oxygen atoms in total. The van der Waals surface area contributed by atoms with Crippen molar-refractivity contribution in [2.75, 3.05) is 0 Å². The van der Waals surface area contributed by atoms with E-state index < -0.39 is 0 Å². The Morgan fingerprint density at radius 3 is 1.92 bits per heavy atom. The molecule has 0 N–H and O–H groups in total. The molecule has 0 saturated carbocycles. The predicted molar refractivity (Wildman–Crippen MR) is 102 cm³/mol. The number of nitrogens with zero attached hydrogens (tertiary/aromatic N) is 1. The number of hydrogen-bond acceptors (Lipinski definition) is 2. The van der Waals surface area contributed by atoms with Crippen LogP contribution in [0.25, 0.3) is 43.4 Å². The molecule has 25 heavy (non-hydrogen) atoms. The lowest BCUT2D eigenvalue weighted by Gasteiger charge is -2.14. The molecule has 5 aromatic rings. The molecule has 3 heteroatoms. The normalized spacial score (nSPS) is 11.5. The molecule has 0 unspecified atom stereocenters. The van der Waals surface area contributed by atoms with Gasteiger partial charge in [0, 0.05) is 12.1 Å². The maximum atomic E-state index is 10.9. The van der Waals surface area contributed by atoms with Gasteiger partial charge in [0.25, 0.3) is 5.69 Å². The van der Waals surface area contributed by atoms with Crippen molar-refractivity contribution in [1.29, 1.82) is 0 Å². The van der Waals surface area contributed by atoms with Crippen molar-refractivity contribution in [3.05, 3.63) is 89.0 Å². The van der Waals surface area contributed by atoms with E-state index in [1.165, 1.54) is 32.3 Å². The smallest absolute Gasteiger partial charge is 0.258 e. The number of rotatable bonds is 2. The summed E-state index contributed by atoms with van der Waals surface area (Å²) in [6, 6.07) is 26.0. The molecule has 0 aliphatic carbocycles. The molecule has 0 saturated heterocycles. The third-order valence-electron chi connectivity index (χ3n) is 4.92. The van der Waals surface area contributed by atoms with Crippen molar-refractivity contribution in [2.24, 2.45) is 0 Å². The van der Waals surface area contributed by atoms with Gasteiger partial charge in [-0.1, -0.05) is 54.6 Å². The zero-order valence-corrected chi connectivity index (χ0v) is 13.3. The fraction of sp³-hybridized carbons (Fsp3) is 0. The summed E-state index contributed by atoms with van der Waals surface area (Å²) in [5.74, 6) is 0. The first-order valence-corrected chi connectivity index (χ1v) is 8.14. The summed E-state index contributed by atoms with van der Waals surface area (Å²) in [5, 5.41) is 18.3. The highest BCUT2D eigenvalue weighted by Gasteiger charge is 2.12. The Morgan fingerprint density at radius 2 is 1.24 bits per heavy atom. The number of nitro groups is 1. The quantitative estimate of drug-likeness (QED) is 0.222. The van der Waals surface area contributed by atoms with Crippen molar-refractivity contribution >= 4 is 38.0 Å². The third kappa shape index (κ3) is 1.99. The first-order chi connectivity index (χ1) is 12.2. The lowest BCUT2D eigenvalue weighted by atomic mass is 9.90. The van der Waals surface area contributed by atoms with Crippen molar-refractivity contribution in [3.63, 3.8) is 0 Å². The van der Waals surface area contributed by atoms with Crippen molar-refractivity contribution in [2.45, 2.75) is 0 Å². The van der Waals surface area contributed by atoms with Gasteiger partial charge in [-0.3, -0.25) is 10.1 Å². The van der Waals surface area contributed by atoms with Gasteiger partial charge in [-0.2, -0.15) is 0 Å². The van der Waals surface area contributed by atoms with Gasteiger partial charge in [-0.15, -0.1) is 0 Å². The van der Waals surface area contributed by atoms with E-state index in [-0.39, 0.29) is 10.6 Å². The second kappa shape index (κ2) is 5.02. The minimum absolute atomic E-state index is 0.112. The summed E-state index contributed by atoms with van der Waals surface area (Å²) >= 11 is 0. The largest absolute Gasteiger partial charge is 0.269 e. The molecule has 0 amide bonds. The summed E-state index contributed by atoms with van der Waals surface area (Å²) in [6.45, 7) is 0. The van der Waals surface area contributed by atoms with Crippen LogP contribution in [0, 0.1) is 10.1 Å². The van der Waals surface area contributed by atoms with Crippen LogP contribution in [0.1, 0.15) is 0 Å². The van der Waals surface area contributed by atoms with Crippen molar-refractivity contribution in [1.82, 2.24) is 0 Å². The Labute approximate surface area is 143 Å². The Morgan fingerprint density at radius 1 is 0.640 bits per heavy atom. The van der Waals surface area contributed by atoms with E-state index in [1.807, 2.05) is 12.1 Å². The standard InChI is InChI=1S/C22H13NO2/c24-23(25)18-10-6-14(7-11-18)19-12-8-17-5-4-15-2-1-3-16-9-13-20(19)22(17)21(15)16/h1-13H. The van der Waals surface area contributed by atoms with E-state index in [0.29, 0.717) is 0 Å². The fourth-order valence-corrected chi connectivity index (χ4v) is 3.75. The number of nitro benzene ring substituents is 1. The molecule has 0 bridgehead atoms. The van der Waals surface area contributed by atoms with Crippen LogP contribution < -0.4 is 0 Å². The molecule has 0 fully saturated rings. The van der Waals surface area contributed by atoms with Crippen LogP contribution in [-0.2, 0) is 0 Å². The Kier molecular flexibility index (Phi) is 2.80. The van der Waals surface area contributed by atoms with E-state index in [1.54, 1.807) is 12.1 Å². The molecular weight excluding hydrogens is 310 g/mol. The highest BCUT2D eigenvalue weighted by Crippen LogP contribution is 2.39. The van der Waals surface area contributed by atoms with E-state index in [2.05, 4.69) is 54.6 Å². The number of non-ortho nitro benzene ring substituents is 1. The van der Waals surface area contributed by atoms with Crippen LogP contribution in [0.15, 0.2) is 78.9 Å².